The highest BCUT2D eigenvalue weighted by Crippen LogP contribution is 2.35. The maximum Gasteiger partial charge on any atom is 0.274 e. The summed E-state index contributed by atoms with van der Waals surface area (Å²) in [7, 11) is 1.43. The van der Waals surface area contributed by atoms with Gasteiger partial charge in [-0.1, -0.05) is 35.9 Å². The van der Waals surface area contributed by atoms with E-state index in [-0.39, 0.29) is 29.7 Å². The molecule has 0 spiro atoms. The minimum Gasteiger partial charge on any atom is -0.487 e. The molecule has 2 aromatic carbocycles. The van der Waals surface area contributed by atoms with Crippen LogP contribution in [0.5, 0.6) is 11.6 Å². The number of ether oxygens (including phenoxy) is 2. The van der Waals surface area contributed by atoms with Crippen LogP contribution in [-0.2, 0) is 6.61 Å². The van der Waals surface area contributed by atoms with Crippen molar-refractivity contribution < 1.29 is 23.9 Å². The normalized spacial score (nSPS) is 10.5. The number of pyridine rings is 2. The van der Waals surface area contributed by atoms with E-state index in [0.717, 1.165) is 22.3 Å². The average Bonchev–Trinajstić information content (AvgIpc) is 2.94. The Bertz CT molecular complexity index is 1520. The van der Waals surface area contributed by atoms with Gasteiger partial charge in [0.05, 0.1) is 17.7 Å². The quantitative estimate of drug-likeness (QED) is 0.270. The highest BCUT2D eigenvalue weighted by molar-refractivity contribution is 6.31. The van der Waals surface area contributed by atoms with E-state index < -0.39 is 0 Å². The topological polar surface area (TPSA) is 107 Å². The van der Waals surface area contributed by atoms with Gasteiger partial charge in [-0.05, 0) is 66.4 Å². The van der Waals surface area contributed by atoms with Crippen molar-refractivity contribution in [1.82, 2.24) is 9.97 Å². The molecule has 0 aliphatic carbocycles. The van der Waals surface area contributed by atoms with Crippen LogP contribution < -0.4 is 14.8 Å². The highest BCUT2D eigenvalue weighted by atomic mass is 35.5. The predicted molar refractivity (Wildman–Crippen MR) is 144 cm³/mol. The number of hydrogen-bond donors (Lipinski definition) is 1. The molecule has 8 nitrogen and oxygen atoms in total. The van der Waals surface area contributed by atoms with Crippen molar-refractivity contribution in [2.24, 2.45) is 0 Å². The number of halogens is 1. The van der Waals surface area contributed by atoms with Crippen LogP contribution in [0.2, 0.25) is 5.02 Å². The molecule has 2 aromatic heterocycles. The summed E-state index contributed by atoms with van der Waals surface area (Å²) in [6, 6.07) is 15.9. The summed E-state index contributed by atoms with van der Waals surface area (Å²) < 4.78 is 11.2. The molecule has 9 heteroatoms. The molecule has 0 fully saturated rings. The summed E-state index contributed by atoms with van der Waals surface area (Å²) in [5, 5.41) is 3.20. The van der Waals surface area contributed by atoms with Crippen molar-refractivity contribution in [3.05, 3.63) is 99.5 Å². The van der Waals surface area contributed by atoms with E-state index in [4.69, 9.17) is 21.1 Å². The second-order valence-corrected chi connectivity index (χ2v) is 8.78. The molecule has 2 heterocycles. The van der Waals surface area contributed by atoms with Crippen molar-refractivity contribution in [3.63, 3.8) is 0 Å². The van der Waals surface area contributed by atoms with E-state index in [1.54, 1.807) is 6.07 Å². The van der Waals surface area contributed by atoms with Gasteiger partial charge in [-0.25, -0.2) is 4.98 Å². The summed E-state index contributed by atoms with van der Waals surface area (Å²) >= 11 is 6.30. The van der Waals surface area contributed by atoms with Crippen LogP contribution in [0.4, 0.5) is 5.69 Å². The number of nitrogens with one attached hydrogen (secondary N) is 1. The largest absolute Gasteiger partial charge is 0.487 e. The lowest BCUT2D eigenvalue weighted by Gasteiger charge is -2.17. The van der Waals surface area contributed by atoms with Crippen LogP contribution in [0.25, 0.3) is 11.1 Å². The molecule has 192 valence electrons. The lowest BCUT2D eigenvalue weighted by molar-refractivity contribution is 0.102. The monoisotopic (exact) mass is 529 g/mol. The molecular formula is C29H24ClN3O5. The van der Waals surface area contributed by atoms with Gasteiger partial charge in [0, 0.05) is 17.4 Å². The fourth-order valence-corrected chi connectivity index (χ4v) is 4.15. The Morgan fingerprint density at radius 2 is 1.74 bits per heavy atom. The molecule has 4 rings (SSSR count). The summed E-state index contributed by atoms with van der Waals surface area (Å²) in [6.45, 7) is 3.94. The van der Waals surface area contributed by atoms with Crippen molar-refractivity contribution in [2.75, 3.05) is 12.4 Å². The van der Waals surface area contributed by atoms with Gasteiger partial charge in [-0.15, -0.1) is 0 Å². The van der Waals surface area contributed by atoms with Gasteiger partial charge in [0.25, 0.3) is 5.91 Å². The van der Waals surface area contributed by atoms with Crippen LogP contribution in [0.15, 0.2) is 60.8 Å². The lowest BCUT2D eigenvalue weighted by atomic mass is 9.95. The molecule has 0 aliphatic heterocycles. The van der Waals surface area contributed by atoms with E-state index in [2.05, 4.69) is 15.3 Å². The molecule has 0 unspecified atom stereocenters. The van der Waals surface area contributed by atoms with Crippen LogP contribution in [0.1, 0.15) is 48.0 Å². The summed E-state index contributed by atoms with van der Waals surface area (Å²) in [6.07, 6.45) is 2.66. The molecule has 0 saturated heterocycles. The number of carbonyl (C=O) groups excluding carboxylic acids is 3. The Labute approximate surface area is 224 Å². The van der Waals surface area contributed by atoms with Crippen molar-refractivity contribution in [2.45, 2.75) is 20.5 Å². The number of rotatable bonds is 9. The van der Waals surface area contributed by atoms with Crippen LogP contribution in [0.3, 0.4) is 0 Å². The number of aromatic nitrogens is 2. The molecular weight excluding hydrogens is 506 g/mol. The lowest BCUT2D eigenvalue weighted by Crippen LogP contribution is -2.14. The van der Waals surface area contributed by atoms with Crippen LogP contribution in [0, 0.1) is 13.8 Å². The number of hydrogen-bond acceptors (Lipinski definition) is 7. The number of amides is 1. The van der Waals surface area contributed by atoms with Crippen molar-refractivity contribution in [1.29, 1.82) is 0 Å². The van der Waals surface area contributed by atoms with Gasteiger partial charge in [0.2, 0.25) is 5.88 Å². The maximum atomic E-state index is 12.7. The first-order valence-corrected chi connectivity index (χ1v) is 12.0. The zero-order valence-corrected chi connectivity index (χ0v) is 21.7. The minimum atomic E-state index is -0.378. The van der Waals surface area contributed by atoms with E-state index in [9.17, 15) is 14.4 Å². The molecule has 0 atom stereocenters. The predicted octanol–water partition coefficient (Wildman–Crippen LogP) is 5.88. The minimum absolute atomic E-state index is 0.0730. The van der Waals surface area contributed by atoms with E-state index in [1.165, 1.54) is 25.4 Å². The number of nitrogens with zero attached hydrogens (tertiary/aromatic N) is 2. The first-order valence-electron chi connectivity index (χ1n) is 11.6. The Morgan fingerprint density at radius 3 is 2.39 bits per heavy atom. The van der Waals surface area contributed by atoms with Crippen LogP contribution >= 0.6 is 11.6 Å². The third-order valence-corrected chi connectivity index (χ3v) is 6.36. The summed E-state index contributed by atoms with van der Waals surface area (Å²) in [4.78, 5) is 43.2. The van der Waals surface area contributed by atoms with Crippen molar-refractivity contribution >= 4 is 35.8 Å². The van der Waals surface area contributed by atoms with Gasteiger partial charge in [0.15, 0.2) is 12.6 Å². The number of carbonyl (C=O) groups is 3. The first kappa shape index (κ1) is 26.5. The third kappa shape index (κ3) is 5.55. The zero-order chi connectivity index (χ0) is 27.2. The van der Waals surface area contributed by atoms with Crippen molar-refractivity contribution in [3.8, 4) is 22.8 Å². The van der Waals surface area contributed by atoms with E-state index in [1.807, 2.05) is 50.2 Å². The fourth-order valence-electron chi connectivity index (χ4n) is 3.94. The average molecular weight is 530 g/mol. The van der Waals surface area contributed by atoms with Gasteiger partial charge in [-0.3, -0.25) is 19.4 Å². The zero-order valence-electron chi connectivity index (χ0n) is 20.9. The van der Waals surface area contributed by atoms with Gasteiger partial charge >= 0.3 is 0 Å². The molecule has 1 N–H and O–H groups in total. The van der Waals surface area contributed by atoms with Gasteiger partial charge in [-0.2, -0.15) is 0 Å². The Balaban J connectivity index is 1.58. The SMILES string of the molecule is COc1nc(COc2cccc(-c3cccc(NC(=O)c4ccc(C=O)cn4)c3C)c2C)c(Cl)cc1C=O. The summed E-state index contributed by atoms with van der Waals surface area (Å²) in [5.41, 5.74) is 5.54. The standard InChI is InChI=1S/C29H24ClN3O5/c1-17-21(6-4-8-24(17)32-28(36)25-11-10-19(14-34)13-31-25)22-7-5-9-27(18(22)2)38-16-26-23(30)12-20(15-35)29(33-26)37-3/h4-15H,16H2,1-3H3,(H,32,36). The maximum absolute atomic E-state index is 12.7. The second-order valence-electron chi connectivity index (χ2n) is 8.38. The Hall–Kier alpha value is -4.56. The van der Waals surface area contributed by atoms with Crippen LogP contribution in [-0.4, -0.2) is 35.6 Å². The number of anilines is 1. The molecule has 0 aliphatic rings. The number of benzene rings is 2. The summed E-state index contributed by atoms with van der Waals surface area (Å²) in [5.74, 6) is 0.432. The second kappa shape index (κ2) is 11.7. The fraction of sp³-hybridized carbons (Fsp3) is 0.138. The third-order valence-electron chi connectivity index (χ3n) is 6.04. The molecule has 1 amide bonds. The number of methoxy groups -OCH3 is 1. The smallest absolute Gasteiger partial charge is 0.274 e. The molecule has 0 saturated carbocycles. The molecule has 0 bridgehead atoms. The Morgan fingerprint density at radius 1 is 1.00 bits per heavy atom. The first-order chi connectivity index (χ1) is 18.4. The molecule has 38 heavy (non-hydrogen) atoms. The Kier molecular flexibility index (Phi) is 8.13. The van der Waals surface area contributed by atoms with E-state index >= 15 is 0 Å². The van der Waals surface area contributed by atoms with E-state index in [0.29, 0.717) is 40.3 Å². The number of aldehydes is 2. The highest BCUT2D eigenvalue weighted by Gasteiger charge is 2.16. The van der Waals surface area contributed by atoms with Gasteiger partial charge < -0.3 is 14.8 Å². The van der Waals surface area contributed by atoms with Gasteiger partial charge in [0.1, 0.15) is 23.7 Å². The molecule has 0 radical (unpaired) electrons. The molecule has 4 aromatic rings.